The van der Waals surface area contributed by atoms with Crippen molar-refractivity contribution in [1.29, 1.82) is 5.26 Å². The summed E-state index contributed by atoms with van der Waals surface area (Å²) in [5, 5.41) is 13.1. The van der Waals surface area contributed by atoms with Crippen LogP contribution in [0.15, 0.2) is 12.1 Å². The van der Waals surface area contributed by atoms with Crippen molar-refractivity contribution in [3.8, 4) is 6.07 Å². The van der Waals surface area contributed by atoms with E-state index in [0.717, 1.165) is 0 Å². The average molecular weight is 264 g/mol. The predicted octanol–water partition coefficient (Wildman–Crippen LogP) is 4.36. The van der Waals surface area contributed by atoms with Crippen molar-refractivity contribution >= 4 is 40.5 Å². The second-order valence-electron chi connectivity index (χ2n) is 2.98. The molecule has 0 radical (unpaired) electrons. The van der Waals surface area contributed by atoms with Crippen molar-refractivity contribution in [2.45, 2.75) is 19.4 Å². The molecule has 0 aromatic heterocycles. The van der Waals surface area contributed by atoms with Gasteiger partial charge in [0.25, 0.3) is 0 Å². The van der Waals surface area contributed by atoms with Crippen molar-refractivity contribution in [3.63, 3.8) is 0 Å². The van der Waals surface area contributed by atoms with Gasteiger partial charge in [0, 0.05) is 5.02 Å². The number of benzene rings is 1. The van der Waals surface area contributed by atoms with Crippen LogP contribution in [0, 0.1) is 11.3 Å². The van der Waals surface area contributed by atoms with Gasteiger partial charge < -0.3 is 5.32 Å². The highest BCUT2D eigenvalue weighted by Gasteiger charge is 2.11. The second-order valence-corrected chi connectivity index (χ2v) is 4.23. The number of nitrogens with zero attached hydrogens (tertiary/aromatic N) is 1. The molecule has 0 heterocycles. The molecule has 1 aromatic rings. The Kier molecular flexibility index (Phi) is 4.53. The van der Waals surface area contributed by atoms with Crippen LogP contribution in [-0.2, 0) is 0 Å². The van der Waals surface area contributed by atoms with Gasteiger partial charge in [-0.25, -0.2) is 0 Å². The second kappa shape index (κ2) is 5.46. The third-order valence-corrected chi connectivity index (χ3v) is 2.70. The highest BCUT2D eigenvalue weighted by molar-refractivity contribution is 6.41. The van der Waals surface area contributed by atoms with E-state index in [2.05, 4.69) is 11.4 Å². The number of anilines is 1. The molecule has 1 aromatic carbocycles. The monoisotopic (exact) mass is 262 g/mol. The highest BCUT2D eigenvalue weighted by Crippen LogP contribution is 2.34. The Morgan fingerprint density at radius 1 is 1.33 bits per heavy atom. The third kappa shape index (κ3) is 3.17. The van der Waals surface area contributed by atoms with Crippen molar-refractivity contribution in [2.75, 3.05) is 5.32 Å². The Labute approximate surface area is 104 Å². The lowest BCUT2D eigenvalue weighted by molar-refractivity contribution is 0.845. The lowest BCUT2D eigenvalue weighted by Gasteiger charge is -2.14. The van der Waals surface area contributed by atoms with Crippen LogP contribution in [0.3, 0.4) is 0 Å². The van der Waals surface area contributed by atoms with Crippen LogP contribution in [0.1, 0.15) is 13.3 Å². The van der Waals surface area contributed by atoms with Crippen molar-refractivity contribution in [1.82, 2.24) is 0 Å². The fraction of sp³-hybridized carbons (Fsp3) is 0.300. The summed E-state index contributed by atoms with van der Waals surface area (Å²) >= 11 is 17.7. The van der Waals surface area contributed by atoms with Crippen molar-refractivity contribution in [3.05, 3.63) is 27.2 Å². The summed E-state index contributed by atoms with van der Waals surface area (Å²) in [5.41, 5.74) is 0.552. The van der Waals surface area contributed by atoms with Crippen LogP contribution in [0.5, 0.6) is 0 Å². The van der Waals surface area contributed by atoms with Gasteiger partial charge in [-0.05, 0) is 18.6 Å². The predicted molar refractivity (Wildman–Crippen MR) is 64.8 cm³/mol. The average Bonchev–Trinajstić information content (AvgIpc) is 2.17. The summed E-state index contributed by atoms with van der Waals surface area (Å²) in [4.78, 5) is 0. The SMILES string of the molecule is CCC(C#N)Nc1c(Cl)cc(Cl)cc1Cl. The van der Waals surface area contributed by atoms with E-state index in [1.54, 1.807) is 12.1 Å². The summed E-state index contributed by atoms with van der Waals surface area (Å²) in [5.74, 6) is 0. The number of nitrogens with one attached hydrogen (secondary N) is 1. The minimum atomic E-state index is -0.304. The third-order valence-electron chi connectivity index (χ3n) is 1.89. The van der Waals surface area contributed by atoms with Crippen LogP contribution in [0.4, 0.5) is 5.69 Å². The van der Waals surface area contributed by atoms with Crippen LogP contribution >= 0.6 is 34.8 Å². The van der Waals surface area contributed by atoms with E-state index >= 15 is 0 Å². The van der Waals surface area contributed by atoms with E-state index in [1.807, 2.05) is 6.92 Å². The molecule has 1 atom stereocenters. The summed E-state index contributed by atoms with van der Waals surface area (Å²) in [6.07, 6.45) is 0.672. The Morgan fingerprint density at radius 2 is 1.87 bits per heavy atom. The maximum absolute atomic E-state index is 8.80. The molecular weight excluding hydrogens is 254 g/mol. The van der Waals surface area contributed by atoms with Gasteiger partial charge in [0.2, 0.25) is 0 Å². The Morgan fingerprint density at radius 3 is 2.27 bits per heavy atom. The fourth-order valence-corrected chi connectivity index (χ4v) is 2.01. The summed E-state index contributed by atoms with van der Waals surface area (Å²) in [6, 6.07) is 4.97. The largest absolute Gasteiger partial charge is 0.367 e. The van der Waals surface area contributed by atoms with Crippen LogP contribution < -0.4 is 5.32 Å². The molecule has 0 aliphatic heterocycles. The topological polar surface area (TPSA) is 35.8 Å². The zero-order chi connectivity index (χ0) is 11.4. The van der Waals surface area contributed by atoms with Crippen LogP contribution in [0.2, 0.25) is 15.1 Å². The van der Waals surface area contributed by atoms with Gasteiger partial charge in [-0.15, -0.1) is 0 Å². The number of hydrogen-bond acceptors (Lipinski definition) is 2. The fourth-order valence-electron chi connectivity index (χ4n) is 1.08. The quantitative estimate of drug-likeness (QED) is 0.879. The number of halogens is 3. The van der Waals surface area contributed by atoms with Gasteiger partial charge in [-0.1, -0.05) is 41.7 Å². The Bertz CT molecular complexity index is 375. The lowest BCUT2D eigenvalue weighted by Crippen LogP contribution is -2.16. The summed E-state index contributed by atoms with van der Waals surface area (Å²) in [6.45, 7) is 1.90. The molecule has 2 nitrogen and oxygen atoms in total. The molecule has 1 rings (SSSR count). The van der Waals surface area contributed by atoms with Crippen LogP contribution in [-0.4, -0.2) is 6.04 Å². The van der Waals surface area contributed by atoms with Gasteiger partial charge in [-0.2, -0.15) is 5.26 Å². The van der Waals surface area contributed by atoms with Gasteiger partial charge in [0.15, 0.2) is 0 Å². The first-order chi connectivity index (χ1) is 7.08. The standard InChI is InChI=1S/C10H9Cl3N2/c1-2-7(5-14)15-10-8(12)3-6(11)4-9(10)13/h3-4,7,15H,2H2,1H3. The Hall–Kier alpha value is -0.620. The molecular formula is C10H9Cl3N2. The molecule has 1 unspecified atom stereocenters. The maximum Gasteiger partial charge on any atom is 0.114 e. The minimum absolute atomic E-state index is 0.304. The minimum Gasteiger partial charge on any atom is -0.367 e. The molecule has 0 spiro atoms. The van der Waals surface area contributed by atoms with Crippen molar-refractivity contribution < 1.29 is 0 Å². The van der Waals surface area contributed by atoms with Gasteiger partial charge >= 0.3 is 0 Å². The molecule has 1 N–H and O–H groups in total. The summed E-state index contributed by atoms with van der Waals surface area (Å²) in [7, 11) is 0. The molecule has 0 amide bonds. The first-order valence-corrected chi connectivity index (χ1v) is 5.52. The molecule has 0 aliphatic rings. The molecule has 0 aliphatic carbocycles. The van der Waals surface area contributed by atoms with E-state index in [4.69, 9.17) is 40.1 Å². The molecule has 0 saturated carbocycles. The summed E-state index contributed by atoms with van der Waals surface area (Å²) < 4.78 is 0. The first-order valence-electron chi connectivity index (χ1n) is 4.39. The Balaban J connectivity index is 3.00. The van der Waals surface area contributed by atoms with Crippen LogP contribution in [0.25, 0.3) is 0 Å². The van der Waals surface area contributed by atoms with E-state index in [0.29, 0.717) is 27.2 Å². The number of rotatable bonds is 3. The van der Waals surface area contributed by atoms with Gasteiger partial charge in [0.05, 0.1) is 21.8 Å². The molecule has 80 valence electrons. The van der Waals surface area contributed by atoms with E-state index in [-0.39, 0.29) is 6.04 Å². The maximum atomic E-state index is 8.80. The highest BCUT2D eigenvalue weighted by atomic mass is 35.5. The number of hydrogen-bond donors (Lipinski definition) is 1. The van der Waals surface area contributed by atoms with Gasteiger partial charge in [-0.3, -0.25) is 0 Å². The molecule has 0 saturated heterocycles. The van der Waals surface area contributed by atoms with Crippen molar-refractivity contribution in [2.24, 2.45) is 0 Å². The first kappa shape index (κ1) is 12.4. The normalized spacial score (nSPS) is 11.9. The zero-order valence-corrected chi connectivity index (χ0v) is 10.3. The lowest BCUT2D eigenvalue weighted by atomic mass is 10.2. The zero-order valence-electron chi connectivity index (χ0n) is 8.02. The molecule has 15 heavy (non-hydrogen) atoms. The van der Waals surface area contributed by atoms with E-state index in [1.165, 1.54) is 0 Å². The van der Waals surface area contributed by atoms with E-state index in [9.17, 15) is 0 Å². The molecule has 0 fully saturated rings. The van der Waals surface area contributed by atoms with Gasteiger partial charge in [0.1, 0.15) is 6.04 Å². The van der Waals surface area contributed by atoms with E-state index < -0.39 is 0 Å². The smallest absolute Gasteiger partial charge is 0.114 e. The molecule has 0 bridgehead atoms. The number of nitriles is 1. The molecule has 5 heteroatoms.